The highest BCUT2D eigenvalue weighted by Gasteiger charge is 2.05. The second-order valence-electron chi connectivity index (χ2n) is 4.04. The Bertz CT molecular complexity index is 488. The van der Waals surface area contributed by atoms with E-state index in [1.165, 1.54) is 16.7 Å². The van der Waals surface area contributed by atoms with Gasteiger partial charge in [0.15, 0.2) is 0 Å². The molecule has 0 spiro atoms. The number of H-pyrrole nitrogens is 1. The van der Waals surface area contributed by atoms with Gasteiger partial charge in [0.25, 0.3) is 0 Å². The molecule has 3 nitrogen and oxygen atoms in total. The van der Waals surface area contributed by atoms with Crippen molar-refractivity contribution in [2.45, 2.75) is 20.3 Å². The zero-order chi connectivity index (χ0) is 11.5. The number of benzene rings is 1. The fourth-order valence-corrected chi connectivity index (χ4v) is 1.85. The minimum atomic E-state index is 0.125. The largest absolute Gasteiger partial charge is 0.396 e. The molecule has 0 aliphatic rings. The fourth-order valence-electron chi connectivity index (χ4n) is 1.85. The molecule has 2 rings (SSSR count). The molecule has 84 valence electrons. The average molecular weight is 216 g/mol. The van der Waals surface area contributed by atoms with E-state index in [0.717, 1.165) is 11.5 Å². The summed E-state index contributed by atoms with van der Waals surface area (Å²) in [5.41, 5.74) is 4.68. The maximum absolute atomic E-state index is 8.83. The van der Waals surface area contributed by atoms with Crippen LogP contribution in [-0.2, 0) is 6.42 Å². The summed E-state index contributed by atoms with van der Waals surface area (Å²) in [6, 6.07) is 6.34. The Morgan fingerprint density at radius 1 is 1.31 bits per heavy atom. The van der Waals surface area contributed by atoms with E-state index in [4.69, 9.17) is 5.11 Å². The number of rotatable bonds is 3. The molecule has 2 N–H and O–H groups in total. The molecule has 0 aliphatic carbocycles. The van der Waals surface area contributed by atoms with Crippen molar-refractivity contribution in [2.24, 2.45) is 0 Å². The van der Waals surface area contributed by atoms with E-state index in [9.17, 15) is 0 Å². The molecule has 0 bridgehead atoms. The summed E-state index contributed by atoms with van der Waals surface area (Å²) in [5, 5.41) is 8.83. The number of nitrogens with one attached hydrogen (secondary N) is 1. The van der Waals surface area contributed by atoms with Crippen LogP contribution in [0.25, 0.3) is 11.3 Å². The van der Waals surface area contributed by atoms with E-state index in [-0.39, 0.29) is 6.61 Å². The summed E-state index contributed by atoms with van der Waals surface area (Å²) in [6.45, 7) is 4.30. The second kappa shape index (κ2) is 4.49. The average Bonchev–Trinajstić information content (AvgIpc) is 2.67. The summed E-state index contributed by atoms with van der Waals surface area (Å²) in [5.74, 6) is 0.831. The molecule has 0 amide bonds. The molecule has 0 aliphatic heterocycles. The molecule has 0 saturated heterocycles. The highest BCUT2D eigenvalue weighted by Crippen LogP contribution is 2.22. The lowest BCUT2D eigenvalue weighted by atomic mass is 10.0. The van der Waals surface area contributed by atoms with Gasteiger partial charge in [-0.1, -0.05) is 23.8 Å². The van der Waals surface area contributed by atoms with Gasteiger partial charge in [-0.2, -0.15) is 0 Å². The van der Waals surface area contributed by atoms with Crippen molar-refractivity contribution in [1.29, 1.82) is 0 Å². The van der Waals surface area contributed by atoms with Gasteiger partial charge in [-0.15, -0.1) is 0 Å². The van der Waals surface area contributed by atoms with Gasteiger partial charge in [0.2, 0.25) is 0 Å². The van der Waals surface area contributed by atoms with Crippen LogP contribution < -0.4 is 0 Å². The fraction of sp³-hybridized carbons (Fsp3) is 0.308. The van der Waals surface area contributed by atoms with E-state index >= 15 is 0 Å². The predicted molar refractivity (Wildman–Crippen MR) is 64.3 cm³/mol. The Morgan fingerprint density at radius 3 is 2.81 bits per heavy atom. The van der Waals surface area contributed by atoms with Crippen LogP contribution in [0, 0.1) is 13.8 Å². The molecule has 0 radical (unpaired) electrons. The number of aromatic amines is 1. The molecule has 0 atom stereocenters. The van der Waals surface area contributed by atoms with Crippen molar-refractivity contribution < 1.29 is 5.11 Å². The number of hydrogen-bond acceptors (Lipinski definition) is 2. The zero-order valence-electron chi connectivity index (χ0n) is 9.62. The van der Waals surface area contributed by atoms with Gasteiger partial charge in [-0.25, -0.2) is 4.98 Å². The van der Waals surface area contributed by atoms with Gasteiger partial charge >= 0.3 is 0 Å². The van der Waals surface area contributed by atoms with E-state index < -0.39 is 0 Å². The maximum atomic E-state index is 8.83. The summed E-state index contributed by atoms with van der Waals surface area (Å²) in [4.78, 5) is 7.45. The molecule has 1 aromatic carbocycles. The monoisotopic (exact) mass is 216 g/mol. The molecule has 0 saturated carbocycles. The number of aliphatic hydroxyl groups is 1. The molecular formula is C13H16N2O. The highest BCUT2D eigenvalue weighted by atomic mass is 16.3. The quantitative estimate of drug-likeness (QED) is 0.826. The summed E-state index contributed by atoms with van der Waals surface area (Å²) < 4.78 is 0. The summed E-state index contributed by atoms with van der Waals surface area (Å²) in [6.07, 6.45) is 2.40. The molecule has 0 fully saturated rings. The minimum absolute atomic E-state index is 0.125. The van der Waals surface area contributed by atoms with E-state index in [1.54, 1.807) is 0 Å². The van der Waals surface area contributed by atoms with Crippen molar-refractivity contribution in [2.75, 3.05) is 6.61 Å². The van der Waals surface area contributed by atoms with Gasteiger partial charge < -0.3 is 10.1 Å². The van der Waals surface area contributed by atoms with E-state index in [1.807, 2.05) is 6.20 Å². The Balaban J connectivity index is 2.35. The lowest BCUT2D eigenvalue weighted by Gasteiger charge is -2.04. The number of aryl methyl sites for hydroxylation is 2. The first-order chi connectivity index (χ1) is 7.70. The number of aromatic nitrogens is 2. The molecule has 1 aromatic heterocycles. The number of imidazole rings is 1. The van der Waals surface area contributed by atoms with E-state index in [0.29, 0.717) is 6.42 Å². The van der Waals surface area contributed by atoms with Crippen molar-refractivity contribution in [3.05, 3.63) is 41.3 Å². The minimum Gasteiger partial charge on any atom is -0.396 e. The van der Waals surface area contributed by atoms with Crippen LogP contribution in [0.5, 0.6) is 0 Å². The third-order valence-corrected chi connectivity index (χ3v) is 2.65. The predicted octanol–water partition coefficient (Wildman–Crippen LogP) is 2.23. The maximum Gasteiger partial charge on any atom is 0.108 e. The molecular weight excluding hydrogens is 200 g/mol. The first-order valence-corrected chi connectivity index (χ1v) is 5.43. The molecule has 2 aromatic rings. The van der Waals surface area contributed by atoms with E-state index in [2.05, 4.69) is 42.0 Å². The summed E-state index contributed by atoms with van der Waals surface area (Å²) >= 11 is 0. The van der Waals surface area contributed by atoms with Crippen LogP contribution in [0.1, 0.15) is 17.0 Å². The Morgan fingerprint density at radius 2 is 2.12 bits per heavy atom. The van der Waals surface area contributed by atoms with Gasteiger partial charge in [0, 0.05) is 12.0 Å². The number of nitrogens with zero attached hydrogens (tertiary/aromatic N) is 1. The standard InChI is InChI=1S/C13H16N2O/c1-9-3-4-11(10(2)7-9)12-8-14-13(15-12)5-6-16/h3-4,7-8,16H,5-6H2,1-2H3,(H,14,15). The SMILES string of the molecule is Cc1ccc(-c2cnc(CCO)[nH]2)c(C)c1. The number of hydrogen-bond donors (Lipinski definition) is 2. The Labute approximate surface area is 95.2 Å². The highest BCUT2D eigenvalue weighted by molar-refractivity contribution is 5.63. The lowest BCUT2D eigenvalue weighted by Crippen LogP contribution is -1.92. The molecule has 16 heavy (non-hydrogen) atoms. The van der Waals surface area contributed by atoms with Gasteiger partial charge in [0.05, 0.1) is 18.5 Å². The van der Waals surface area contributed by atoms with Crippen molar-refractivity contribution in [3.63, 3.8) is 0 Å². The van der Waals surface area contributed by atoms with Crippen LogP contribution in [0.3, 0.4) is 0 Å². The zero-order valence-corrected chi connectivity index (χ0v) is 9.62. The molecule has 3 heteroatoms. The van der Waals surface area contributed by atoms with Crippen LogP contribution in [0.15, 0.2) is 24.4 Å². The molecule has 0 unspecified atom stereocenters. The van der Waals surface area contributed by atoms with Crippen molar-refractivity contribution in [3.8, 4) is 11.3 Å². The Kier molecular flexibility index (Phi) is 3.06. The third kappa shape index (κ3) is 2.14. The van der Waals surface area contributed by atoms with Crippen LogP contribution in [-0.4, -0.2) is 21.7 Å². The first-order valence-electron chi connectivity index (χ1n) is 5.43. The topological polar surface area (TPSA) is 48.9 Å². The van der Waals surface area contributed by atoms with Crippen LogP contribution in [0.2, 0.25) is 0 Å². The van der Waals surface area contributed by atoms with Gasteiger partial charge in [-0.05, 0) is 19.4 Å². The number of aliphatic hydroxyl groups excluding tert-OH is 1. The Hall–Kier alpha value is -1.61. The van der Waals surface area contributed by atoms with Gasteiger partial charge in [0.1, 0.15) is 5.82 Å². The molecule has 1 heterocycles. The van der Waals surface area contributed by atoms with Crippen molar-refractivity contribution in [1.82, 2.24) is 9.97 Å². The first kappa shape index (κ1) is 10.9. The normalized spacial score (nSPS) is 10.7. The van der Waals surface area contributed by atoms with Crippen molar-refractivity contribution >= 4 is 0 Å². The third-order valence-electron chi connectivity index (χ3n) is 2.65. The van der Waals surface area contributed by atoms with Crippen LogP contribution >= 0.6 is 0 Å². The summed E-state index contributed by atoms with van der Waals surface area (Å²) in [7, 11) is 0. The van der Waals surface area contributed by atoms with Crippen LogP contribution in [0.4, 0.5) is 0 Å². The smallest absolute Gasteiger partial charge is 0.108 e. The lowest BCUT2D eigenvalue weighted by molar-refractivity contribution is 0.297. The second-order valence-corrected chi connectivity index (χ2v) is 4.04. The van der Waals surface area contributed by atoms with Gasteiger partial charge in [-0.3, -0.25) is 0 Å².